The van der Waals surface area contributed by atoms with Crippen molar-refractivity contribution in [2.24, 2.45) is 0 Å². The molecule has 1 aromatic heterocycles. The lowest BCUT2D eigenvalue weighted by molar-refractivity contribution is 0.187. The lowest BCUT2D eigenvalue weighted by atomic mass is 10.1. The third kappa shape index (κ3) is 1.89. The number of hydrogen-bond donors (Lipinski definition) is 1. The first kappa shape index (κ1) is 9.80. The van der Waals surface area contributed by atoms with Crippen molar-refractivity contribution in [1.29, 1.82) is 0 Å². The Morgan fingerprint density at radius 1 is 1.38 bits per heavy atom. The number of methoxy groups -OCH3 is 2. The zero-order chi connectivity index (χ0) is 9.84. The van der Waals surface area contributed by atoms with E-state index in [0.717, 1.165) is 0 Å². The summed E-state index contributed by atoms with van der Waals surface area (Å²) in [6.07, 6.45) is 0.919. The number of aromatic nitrogens is 1. The molecule has 0 unspecified atom stereocenters. The predicted octanol–water partition coefficient (Wildman–Crippen LogP) is 1.15. The topological polar surface area (TPSA) is 51.6 Å². The fourth-order valence-electron chi connectivity index (χ4n) is 1.16. The second kappa shape index (κ2) is 4.09. The van der Waals surface area contributed by atoms with Crippen molar-refractivity contribution in [3.63, 3.8) is 0 Å². The molecule has 0 radical (unpaired) electrons. The summed E-state index contributed by atoms with van der Waals surface area (Å²) in [5.74, 6) is 0.983. The summed E-state index contributed by atoms with van der Waals surface area (Å²) in [4.78, 5) is 3.96. The van der Waals surface area contributed by atoms with Crippen LogP contribution in [0.3, 0.4) is 0 Å². The molecule has 72 valence electrons. The number of hydrogen-bond acceptors (Lipinski definition) is 4. The van der Waals surface area contributed by atoms with E-state index in [1.807, 2.05) is 0 Å². The summed E-state index contributed by atoms with van der Waals surface area (Å²) in [6.45, 7) is 1.64. The standard InChI is InChI=1S/C9H13NO3/c1-6(11)8-7(12-2)4-5-10-9(8)13-3/h4-6,11H,1-3H3/t6-/m1/s1. The Bertz CT molecular complexity index is 264. The summed E-state index contributed by atoms with van der Waals surface area (Å²) in [5.41, 5.74) is 0.576. The maximum atomic E-state index is 9.45. The monoisotopic (exact) mass is 183 g/mol. The number of aliphatic hydroxyl groups excluding tert-OH is 1. The van der Waals surface area contributed by atoms with Crippen LogP contribution in [0.25, 0.3) is 0 Å². The number of rotatable bonds is 3. The fraction of sp³-hybridized carbons (Fsp3) is 0.444. The van der Waals surface area contributed by atoms with Gasteiger partial charge in [0.1, 0.15) is 5.75 Å². The van der Waals surface area contributed by atoms with Gasteiger partial charge in [0.15, 0.2) is 0 Å². The van der Waals surface area contributed by atoms with Crippen LogP contribution in [0.1, 0.15) is 18.6 Å². The molecule has 1 heterocycles. The van der Waals surface area contributed by atoms with E-state index in [2.05, 4.69) is 4.98 Å². The van der Waals surface area contributed by atoms with Crippen molar-refractivity contribution in [2.75, 3.05) is 14.2 Å². The Labute approximate surface area is 77.1 Å². The summed E-state index contributed by atoms with van der Waals surface area (Å²) in [6, 6.07) is 1.69. The molecule has 1 atom stereocenters. The highest BCUT2D eigenvalue weighted by molar-refractivity contribution is 5.41. The molecule has 0 amide bonds. The van der Waals surface area contributed by atoms with Gasteiger partial charge in [0.2, 0.25) is 5.88 Å². The number of ether oxygens (including phenoxy) is 2. The zero-order valence-corrected chi connectivity index (χ0v) is 7.94. The van der Waals surface area contributed by atoms with E-state index in [0.29, 0.717) is 17.2 Å². The smallest absolute Gasteiger partial charge is 0.222 e. The minimum absolute atomic E-state index is 0.398. The van der Waals surface area contributed by atoms with Gasteiger partial charge < -0.3 is 14.6 Å². The molecule has 0 fully saturated rings. The molecule has 0 aliphatic heterocycles. The average Bonchev–Trinajstić information content (AvgIpc) is 2.16. The van der Waals surface area contributed by atoms with E-state index in [1.54, 1.807) is 26.3 Å². The van der Waals surface area contributed by atoms with Crippen LogP contribution < -0.4 is 9.47 Å². The Morgan fingerprint density at radius 2 is 2.08 bits per heavy atom. The van der Waals surface area contributed by atoms with E-state index in [9.17, 15) is 5.11 Å². The fourth-order valence-corrected chi connectivity index (χ4v) is 1.16. The van der Waals surface area contributed by atoms with E-state index in [1.165, 1.54) is 7.11 Å². The van der Waals surface area contributed by atoms with Gasteiger partial charge in [-0.25, -0.2) is 4.98 Å². The lowest BCUT2D eigenvalue weighted by Gasteiger charge is -2.13. The molecule has 4 nitrogen and oxygen atoms in total. The third-order valence-electron chi connectivity index (χ3n) is 1.74. The van der Waals surface area contributed by atoms with Crippen LogP contribution in [-0.2, 0) is 0 Å². The highest BCUT2D eigenvalue weighted by Gasteiger charge is 2.15. The van der Waals surface area contributed by atoms with Crippen molar-refractivity contribution >= 4 is 0 Å². The highest BCUT2D eigenvalue weighted by atomic mass is 16.5. The van der Waals surface area contributed by atoms with Crippen LogP contribution >= 0.6 is 0 Å². The highest BCUT2D eigenvalue weighted by Crippen LogP contribution is 2.31. The molecule has 1 rings (SSSR count). The lowest BCUT2D eigenvalue weighted by Crippen LogP contribution is -2.01. The molecule has 13 heavy (non-hydrogen) atoms. The average molecular weight is 183 g/mol. The molecule has 0 aliphatic carbocycles. The maximum Gasteiger partial charge on any atom is 0.222 e. The van der Waals surface area contributed by atoms with Crippen LogP contribution in [0.4, 0.5) is 0 Å². The summed E-state index contributed by atoms with van der Waals surface area (Å²) in [5, 5.41) is 9.45. The van der Waals surface area contributed by atoms with Gasteiger partial charge in [0.25, 0.3) is 0 Å². The van der Waals surface area contributed by atoms with Gasteiger partial charge in [0, 0.05) is 6.20 Å². The normalized spacial score (nSPS) is 12.3. The zero-order valence-electron chi connectivity index (χ0n) is 7.94. The Hall–Kier alpha value is -1.29. The SMILES string of the molecule is COc1ccnc(OC)c1[C@@H](C)O. The Balaban J connectivity index is 3.21. The molecule has 4 heteroatoms. The minimum Gasteiger partial charge on any atom is -0.496 e. The van der Waals surface area contributed by atoms with Crippen LogP contribution in [-0.4, -0.2) is 24.3 Å². The van der Waals surface area contributed by atoms with Gasteiger partial charge >= 0.3 is 0 Å². The molecular weight excluding hydrogens is 170 g/mol. The van der Waals surface area contributed by atoms with Gasteiger partial charge in [-0.2, -0.15) is 0 Å². The largest absolute Gasteiger partial charge is 0.496 e. The van der Waals surface area contributed by atoms with E-state index >= 15 is 0 Å². The van der Waals surface area contributed by atoms with Crippen molar-refractivity contribution in [1.82, 2.24) is 4.98 Å². The molecule has 0 saturated heterocycles. The maximum absolute atomic E-state index is 9.45. The molecule has 0 spiro atoms. The molecule has 0 aliphatic rings. The van der Waals surface area contributed by atoms with Crippen LogP contribution in [0, 0.1) is 0 Å². The second-order valence-electron chi connectivity index (χ2n) is 2.61. The Kier molecular flexibility index (Phi) is 3.08. The molecule has 0 aromatic carbocycles. The summed E-state index contributed by atoms with van der Waals surface area (Å²) >= 11 is 0. The first-order valence-electron chi connectivity index (χ1n) is 3.95. The van der Waals surface area contributed by atoms with Crippen molar-refractivity contribution in [2.45, 2.75) is 13.0 Å². The van der Waals surface area contributed by atoms with Gasteiger partial charge in [-0.3, -0.25) is 0 Å². The molecule has 1 N–H and O–H groups in total. The van der Waals surface area contributed by atoms with Crippen LogP contribution in [0.2, 0.25) is 0 Å². The third-order valence-corrected chi connectivity index (χ3v) is 1.74. The van der Waals surface area contributed by atoms with E-state index < -0.39 is 6.10 Å². The van der Waals surface area contributed by atoms with Crippen molar-refractivity contribution < 1.29 is 14.6 Å². The van der Waals surface area contributed by atoms with Gasteiger partial charge in [-0.1, -0.05) is 0 Å². The predicted molar refractivity (Wildman–Crippen MR) is 48.0 cm³/mol. The van der Waals surface area contributed by atoms with Crippen LogP contribution in [0.5, 0.6) is 11.6 Å². The van der Waals surface area contributed by atoms with Crippen molar-refractivity contribution in [3.05, 3.63) is 17.8 Å². The number of nitrogens with zero attached hydrogens (tertiary/aromatic N) is 1. The quantitative estimate of drug-likeness (QED) is 0.763. The minimum atomic E-state index is -0.654. The van der Waals surface area contributed by atoms with Gasteiger partial charge in [-0.05, 0) is 13.0 Å². The van der Waals surface area contributed by atoms with E-state index in [-0.39, 0.29) is 0 Å². The molecule has 0 saturated carbocycles. The van der Waals surface area contributed by atoms with Gasteiger partial charge in [0.05, 0.1) is 25.9 Å². The second-order valence-corrected chi connectivity index (χ2v) is 2.61. The molecule has 1 aromatic rings. The first-order valence-corrected chi connectivity index (χ1v) is 3.95. The van der Waals surface area contributed by atoms with Gasteiger partial charge in [-0.15, -0.1) is 0 Å². The number of aliphatic hydroxyl groups is 1. The Morgan fingerprint density at radius 3 is 2.54 bits per heavy atom. The van der Waals surface area contributed by atoms with Crippen molar-refractivity contribution in [3.8, 4) is 11.6 Å². The summed E-state index contributed by atoms with van der Waals surface area (Å²) in [7, 11) is 3.05. The van der Waals surface area contributed by atoms with Crippen LogP contribution in [0.15, 0.2) is 12.3 Å². The first-order chi connectivity index (χ1) is 6.20. The molecule has 0 bridgehead atoms. The van der Waals surface area contributed by atoms with E-state index in [4.69, 9.17) is 9.47 Å². The molecular formula is C9H13NO3. The summed E-state index contributed by atoms with van der Waals surface area (Å²) < 4.78 is 10.1. The number of pyridine rings is 1.